The van der Waals surface area contributed by atoms with Gasteiger partial charge in [0.05, 0.1) is 6.54 Å². The minimum atomic E-state index is 0.0750. The van der Waals surface area contributed by atoms with Gasteiger partial charge in [0.25, 0.3) is 0 Å². The zero-order valence-corrected chi connectivity index (χ0v) is 13.1. The third-order valence-electron chi connectivity index (χ3n) is 4.39. The van der Waals surface area contributed by atoms with Gasteiger partial charge in [0.15, 0.2) is 0 Å². The van der Waals surface area contributed by atoms with E-state index in [0.717, 1.165) is 45.7 Å². The summed E-state index contributed by atoms with van der Waals surface area (Å²) in [4.78, 5) is 27.8. The molecule has 0 aromatic carbocycles. The quantitative estimate of drug-likeness (QED) is 0.704. The lowest BCUT2D eigenvalue weighted by Crippen LogP contribution is -2.51. The minimum absolute atomic E-state index is 0.0750. The molecule has 2 heterocycles. The van der Waals surface area contributed by atoms with Gasteiger partial charge in [-0.3, -0.25) is 14.5 Å². The molecule has 0 radical (unpaired) electrons. The summed E-state index contributed by atoms with van der Waals surface area (Å²) in [5.41, 5.74) is 0. The summed E-state index contributed by atoms with van der Waals surface area (Å²) in [5, 5.41) is 6.15. The first-order valence-electron chi connectivity index (χ1n) is 8.16. The number of amides is 2. The van der Waals surface area contributed by atoms with E-state index in [9.17, 15) is 9.59 Å². The van der Waals surface area contributed by atoms with Crippen LogP contribution in [-0.4, -0.2) is 74.0 Å². The van der Waals surface area contributed by atoms with Crippen LogP contribution in [0.5, 0.6) is 0 Å². The van der Waals surface area contributed by atoms with Gasteiger partial charge in [0, 0.05) is 39.1 Å². The normalized spacial score (nSPS) is 23.3. The van der Waals surface area contributed by atoms with Crippen LogP contribution in [0, 0.1) is 5.92 Å². The number of nitrogens with one attached hydrogen (secondary N) is 2. The lowest BCUT2D eigenvalue weighted by atomic mass is 10.0. The average Bonchev–Trinajstić information content (AvgIpc) is 2.99. The molecule has 0 aromatic rings. The van der Waals surface area contributed by atoms with Crippen LogP contribution in [0.3, 0.4) is 0 Å². The lowest BCUT2D eigenvalue weighted by molar-refractivity contribution is -0.133. The third-order valence-corrected chi connectivity index (χ3v) is 4.39. The molecule has 2 amide bonds. The molecule has 0 aromatic heterocycles. The van der Waals surface area contributed by atoms with Crippen LogP contribution >= 0.6 is 0 Å². The molecule has 120 valence electrons. The van der Waals surface area contributed by atoms with Crippen molar-refractivity contribution < 1.29 is 9.59 Å². The van der Waals surface area contributed by atoms with Gasteiger partial charge >= 0.3 is 0 Å². The van der Waals surface area contributed by atoms with E-state index >= 15 is 0 Å². The average molecular weight is 296 g/mol. The molecule has 2 aliphatic rings. The van der Waals surface area contributed by atoms with Gasteiger partial charge in [-0.2, -0.15) is 0 Å². The van der Waals surface area contributed by atoms with Gasteiger partial charge < -0.3 is 15.5 Å². The monoisotopic (exact) mass is 296 g/mol. The highest BCUT2D eigenvalue weighted by atomic mass is 16.2. The second-order valence-corrected chi connectivity index (χ2v) is 6.01. The minimum Gasteiger partial charge on any atom is -0.355 e. The van der Waals surface area contributed by atoms with Gasteiger partial charge in [-0.05, 0) is 38.8 Å². The molecule has 2 aliphatic heterocycles. The van der Waals surface area contributed by atoms with Gasteiger partial charge in [-0.25, -0.2) is 0 Å². The largest absolute Gasteiger partial charge is 0.355 e. The third kappa shape index (κ3) is 5.28. The first-order chi connectivity index (χ1) is 10.2. The zero-order chi connectivity index (χ0) is 15.1. The molecule has 0 aliphatic carbocycles. The van der Waals surface area contributed by atoms with E-state index < -0.39 is 0 Å². The van der Waals surface area contributed by atoms with Crippen molar-refractivity contribution in [3.63, 3.8) is 0 Å². The smallest absolute Gasteiger partial charge is 0.234 e. The molecule has 0 saturated carbocycles. The van der Waals surface area contributed by atoms with Crippen LogP contribution in [0.1, 0.15) is 26.2 Å². The highest BCUT2D eigenvalue weighted by Crippen LogP contribution is 2.15. The number of carbonyl (C=O) groups is 2. The molecule has 1 atom stereocenters. The Morgan fingerprint density at radius 1 is 1.24 bits per heavy atom. The molecule has 0 spiro atoms. The predicted molar refractivity (Wildman–Crippen MR) is 81.9 cm³/mol. The number of piperazine rings is 1. The van der Waals surface area contributed by atoms with E-state index in [2.05, 4.69) is 15.5 Å². The van der Waals surface area contributed by atoms with E-state index in [1.54, 1.807) is 0 Å². The molecule has 2 fully saturated rings. The van der Waals surface area contributed by atoms with E-state index in [1.165, 1.54) is 6.42 Å². The van der Waals surface area contributed by atoms with Gasteiger partial charge in [0.2, 0.25) is 11.8 Å². The highest BCUT2D eigenvalue weighted by molar-refractivity contribution is 5.78. The summed E-state index contributed by atoms with van der Waals surface area (Å²) in [7, 11) is 0. The second kappa shape index (κ2) is 8.34. The Kier molecular flexibility index (Phi) is 6.45. The molecule has 6 heteroatoms. The van der Waals surface area contributed by atoms with Crippen LogP contribution in [0.15, 0.2) is 0 Å². The first-order valence-corrected chi connectivity index (χ1v) is 8.16. The van der Waals surface area contributed by atoms with Crippen molar-refractivity contribution in [2.75, 3.05) is 52.4 Å². The Hall–Kier alpha value is -1.14. The SMILES string of the molecule is CCNC(=O)CN1CCN(C(=O)CCC2CCNC2)CC1. The Morgan fingerprint density at radius 2 is 2.00 bits per heavy atom. The van der Waals surface area contributed by atoms with Crippen LogP contribution in [0.2, 0.25) is 0 Å². The van der Waals surface area contributed by atoms with Crippen LogP contribution in [0.25, 0.3) is 0 Å². The summed E-state index contributed by atoms with van der Waals surface area (Å²) >= 11 is 0. The maximum Gasteiger partial charge on any atom is 0.234 e. The molecular weight excluding hydrogens is 268 g/mol. The fraction of sp³-hybridized carbons (Fsp3) is 0.867. The second-order valence-electron chi connectivity index (χ2n) is 6.01. The highest BCUT2D eigenvalue weighted by Gasteiger charge is 2.23. The first kappa shape index (κ1) is 16.2. The Balaban J connectivity index is 1.63. The van der Waals surface area contributed by atoms with Gasteiger partial charge in [0.1, 0.15) is 0 Å². The lowest BCUT2D eigenvalue weighted by Gasteiger charge is -2.34. The molecule has 2 N–H and O–H groups in total. The van der Waals surface area contributed by atoms with Crippen molar-refractivity contribution in [2.24, 2.45) is 5.92 Å². The number of hydrogen-bond acceptors (Lipinski definition) is 4. The van der Waals surface area contributed by atoms with Gasteiger partial charge in [-0.1, -0.05) is 0 Å². The fourth-order valence-electron chi connectivity index (χ4n) is 3.06. The number of nitrogens with zero attached hydrogens (tertiary/aromatic N) is 2. The van der Waals surface area contributed by atoms with Crippen LogP contribution < -0.4 is 10.6 Å². The molecule has 6 nitrogen and oxygen atoms in total. The van der Waals surface area contributed by atoms with Crippen molar-refractivity contribution in [2.45, 2.75) is 26.2 Å². The van der Waals surface area contributed by atoms with Crippen molar-refractivity contribution in [3.8, 4) is 0 Å². The molecule has 21 heavy (non-hydrogen) atoms. The Labute approximate surface area is 127 Å². The molecular formula is C15H28N4O2. The maximum atomic E-state index is 12.2. The molecule has 0 bridgehead atoms. The molecule has 2 saturated heterocycles. The standard InChI is InChI=1S/C15H28N4O2/c1-2-17-14(20)12-18-7-9-19(10-8-18)15(21)4-3-13-5-6-16-11-13/h13,16H,2-12H2,1H3,(H,17,20). The van der Waals surface area contributed by atoms with Crippen molar-refractivity contribution in [1.29, 1.82) is 0 Å². The topological polar surface area (TPSA) is 64.7 Å². The number of hydrogen-bond donors (Lipinski definition) is 2. The zero-order valence-electron chi connectivity index (χ0n) is 13.1. The molecule has 1 unspecified atom stereocenters. The predicted octanol–water partition coefficient (Wildman–Crippen LogP) is -0.344. The van der Waals surface area contributed by atoms with Gasteiger partial charge in [-0.15, -0.1) is 0 Å². The number of likely N-dealkylation sites (N-methyl/N-ethyl adjacent to an activating group) is 1. The van der Waals surface area contributed by atoms with Crippen LogP contribution in [-0.2, 0) is 9.59 Å². The fourth-order valence-corrected chi connectivity index (χ4v) is 3.06. The van der Waals surface area contributed by atoms with E-state index in [4.69, 9.17) is 0 Å². The number of rotatable bonds is 6. The summed E-state index contributed by atoms with van der Waals surface area (Å²) in [5.74, 6) is 1.03. The van der Waals surface area contributed by atoms with Crippen LogP contribution in [0.4, 0.5) is 0 Å². The summed E-state index contributed by atoms with van der Waals surface area (Å²) in [6.07, 6.45) is 2.88. The van der Waals surface area contributed by atoms with Crippen molar-refractivity contribution in [1.82, 2.24) is 20.4 Å². The van der Waals surface area contributed by atoms with Crippen molar-refractivity contribution in [3.05, 3.63) is 0 Å². The van der Waals surface area contributed by atoms with E-state index in [0.29, 0.717) is 25.4 Å². The summed E-state index contributed by atoms with van der Waals surface area (Å²) in [6, 6.07) is 0. The number of carbonyl (C=O) groups excluding carboxylic acids is 2. The van der Waals surface area contributed by atoms with E-state index in [-0.39, 0.29) is 11.8 Å². The van der Waals surface area contributed by atoms with Crippen molar-refractivity contribution >= 4 is 11.8 Å². The molecule has 2 rings (SSSR count). The van der Waals surface area contributed by atoms with E-state index in [1.807, 2.05) is 11.8 Å². The Morgan fingerprint density at radius 3 is 2.62 bits per heavy atom. The Bertz CT molecular complexity index is 348. The summed E-state index contributed by atoms with van der Waals surface area (Å²) in [6.45, 7) is 8.31. The maximum absolute atomic E-state index is 12.2. The summed E-state index contributed by atoms with van der Waals surface area (Å²) < 4.78 is 0.